The zero-order valence-electron chi connectivity index (χ0n) is 10.9. The fourth-order valence-corrected chi connectivity index (χ4v) is 2.37. The van der Waals surface area contributed by atoms with E-state index in [1.807, 2.05) is 42.2 Å². The second kappa shape index (κ2) is 5.36. The lowest BCUT2D eigenvalue weighted by Crippen LogP contribution is -2.11. The van der Waals surface area contributed by atoms with Gasteiger partial charge in [0.1, 0.15) is 0 Å². The van der Waals surface area contributed by atoms with Crippen LogP contribution in [-0.4, -0.2) is 19.2 Å². The number of rotatable bonds is 5. The van der Waals surface area contributed by atoms with Crippen LogP contribution in [-0.2, 0) is 23.6 Å². The van der Waals surface area contributed by atoms with Crippen LogP contribution in [0.2, 0.25) is 0 Å². The third kappa shape index (κ3) is 4.03. The fourth-order valence-electron chi connectivity index (χ4n) is 1.79. The Kier molecular flexibility index (Phi) is 3.80. The molecule has 2 rings (SSSR count). The number of anilines is 2. The smallest absolute Gasteiger partial charge is 0.229 e. The molecule has 102 valence electrons. The molecule has 2 aromatic rings. The molecule has 0 bridgehead atoms. The third-order valence-corrected chi connectivity index (χ3v) is 3.19. The summed E-state index contributed by atoms with van der Waals surface area (Å²) in [6.07, 6.45) is 5.12. The first-order valence-electron chi connectivity index (χ1n) is 5.85. The van der Waals surface area contributed by atoms with E-state index >= 15 is 0 Å². The topological polar surface area (TPSA) is 63.1 Å². The molecule has 2 N–H and O–H groups in total. The zero-order chi connectivity index (χ0) is 13.9. The lowest BCUT2D eigenvalue weighted by Gasteiger charge is -2.12. The van der Waals surface area contributed by atoms with Crippen molar-refractivity contribution >= 4 is 21.4 Å². The molecule has 0 fully saturated rings. The van der Waals surface area contributed by atoms with E-state index in [0.717, 1.165) is 17.5 Å². The molecule has 0 saturated carbocycles. The second-order valence-corrected chi connectivity index (χ2v) is 6.21. The van der Waals surface area contributed by atoms with Crippen LogP contribution in [0.3, 0.4) is 0 Å². The highest BCUT2D eigenvalue weighted by molar-refractivity contribution is 7.92. The molecule has 1 aromatic carbocycles. The molecule has 6 heteroatoms. The van der Waals surface area contributed by atoms with Gasteiger partial charge >= 0.3 is 0 Å². The summed E-state index contributed by atoms with van der Waals surface area (Å²) in [6.45, 7) is 0.642. The molecule has 19 heavy (non-hydrogen) atoms. The normalized spacial score (nSPS) is 11.3. The Morgan fingerprint density at radius 2 is 1.84 bits per heavy atom. The lowest BCUT2D eigenvalue weighted by atomic mass is 10.2. The van der Waals surface area contributed by atoms with Gasteiger partial charge in [-0.1, -0.05) is 12.1 Å². The highest BCUT2D eigenvalue weighted by Crippen LogP contribution is 2.22. The average Bonchev–Trinajstić information content (AvgIpc) is 2.72. The Balaban J connectivity index is 2.11. The number of nitrogens with zero attached hydrogens (tertiary/aromatic N) is 1. The Morgan fingerprint density at radius 3 is 2.42 bits per heavy atom. The van der Waals surface area contributed by atoms with Gasteiger partial charge in [0.25, 0.3) is 0 Å². The van der Waals surface area contributed by atoms with Gasteiger partial charge < -0.3 is 9.88 Å². The first kappa shape index (κ1) is 13.5. The highest BCUT2D eigenvalue weighted by Gasteiger charge is 2.06. The number of aromatic nitrogens is 1. The SMILES string of the molecule is Cn1ccc(CNc2ccccc2NS(C)(=O)=O)c1. The monoisotopic (exact) mass is 279 g/mol. The van der Waals surface area contributed by atoms with Crippen LogP contribution in [0, 0.1) is 0 Å². The first-order chi connectivity index (χ1) is 8.94. The van der Waals surface area contributed by atoms with Crippen LogP contribution in [0.4, 0.5) is 11.4 Å². The van der Waals surface area contributed by atoms with Crippen LogP contribution < -0.4 is 10.0 Å². The van der Waals surface area contributed by atoms with E-state index < -0.39 is 10.0 Å². The van der Waals surface area contributed by atoms with Crippen LogP contribution in [0.25, 0.3) is 0 Å². The number of benzene rings is 1. The summed E-state index contributed by atoms with van der Waals surface area (Å²) < 4.78 is 27.0. The molecule has 0 amide bonds. The van der Waals surface area contributed by atoms with E-state index in [9.17, 15) is 8.42 Å². The Bertz CT molecular complexity index is 662. The van der Waals surface area contributed by atoms with Crippen LogP contribution >= 0.6 is 0 Å². The van der Waals surface area contributed by atoms with E-state index in [0.29, 0.717) is 12.2 Å². The number of hydrogen-bond donors (Lipinski definition) is 2. The highest BCUT2D eigenvalue weighted by atomic mass is 32.2. The molecule has 0 aliphatic carbocycles. The number of nitrogens with one attached hydrogen (secondary N) is 2. The van der Waals surface area contributed by atoms with Crippen molar-refractivity contribution in [1.82, 2.24) is 4.57 Å². The van der Waals surface area contributed by atoms with E-state index in [-0.39, 0.29) is 0 Å². The number of hydrogen-bond acceptors (Lipinski definition) is 3. The van der Waals surface area contributed by atoms with Gasteiger partial charge in [-0.25, -0.2) is 8.42 Å². The van der Waals surface area contributed by atoms with Crippen molar-refractivity contribution in [3.8, 4) is 0 Å². The lowest BCUT2D eigenvalue weighted by molar-refractivity contribution is 0.607. The summed E-state index contributed by atoms with van der Waals surface area (Å²) in [5, 5.41) is 3.23. The molecule has 0 radical (unpaired) electrons. The molecule has 5 nitrogen and oxygen atoms in total. The summed E-state index contributed by atoms with van der Waals surface area (Å²) >= 11 is 0. The minimum absolute atomic E-state index is 0.556. The average molecular weight is 279 g/mol. The van der Waals surface area contributed by atoms with Crippen molar-refractivity contribution < 1.29 is 8.42 Å². The predicted octanol–water partition coefficient (Wildman–Crippen LogP) is 2.01. The van der Waals surface area contributed by atoms with E-state index in [2.05, 4.69) is 10.0 Å². The molecular formula is C13H17N3O2S. The largest absolute Gasteiger partial charge is 0.379 e. The van der Waals surface area contributed by atoms with Crippen molar-refractivity contribution in [2.75, 3.05) is 16.3 Å². The van der Waals surface area contributed by atoms with Crippen LogP contribution in [0.15, 0.2) is 42.7 Å². The molecular weight excluding hydrogens is 262 g/mol. The summed E-state index contributed by atoms with van der Waals surface area (Å²) in [5.74, 6) is 0. The molecule has 0 aliphatic heterocycles. The summed E-state index contributed by atoms with van der Waals surface area (Å²) in [6, 6.07) is 9.24. The zero-order valence-corrected chi connectivity index (χ0v) is 11.7. The summed E-state index contributed by atoms with van der Waals surface area (Å²) in [5.41, 5.74) is 2.45. The van der Waals surface area contributed by atoms with Crippen molar-refractivity contribution in [1.29, 1.82) is 0 Å². The maximum atomic E-state index is 11.3. The quantitative estimate of drug-likeness (QED) is 0.880. The standard InChI is InChI=1S/C13H17N3O2S/c1-16-8-7-11(10-16)9-14-12-5-3-4-6-13(12)15-19(2,17)18/h3-8,10,14-15H,9H2,1-2H3. The molecule has 1 heterocycles. The molecule has 0 saturated heterocycles. The van der Waals surface area contributed by atoms with Crippen LogP contribution in [0.5, 0.6) is 0 Å². The van der Waals surface area contributed by atoms with Crippen molar-refractivity contribution in [3.05, 3.63) is 48.3 Å². The number of aryl methyl sites for hydroxylation is 1. The minimum atomic E-state index is -3.27. The Hall–Kier alpha value is -1.95. The van der Waals surface area contributed by atoms with E-state index in [1.165, 1.54) is 0 Å². The molecule has 0 atom stereocenters. The van der Waals surface area contributed by atoms with Crippen LogP contribution in [0.1, 0.15) is 5.56 Å². The van der Waals surface area contributed by atoms with Crippen molar-refractivity contribution in [2.45, 2.75) is 6.54 Å². The maximum Gasteiger partial charge on any atom is 0.229 e. The van der Waals surface area contributed by atoms with Gasteiger partial charge in [0, 0.05) is 26.0 Å². The number of sulfonamides is 1. The van der Waals surface area contributed by atoms with Gasteiger partial charge in [-0.15, -0.1) is 0 Å². The molecule has 0 unspecified atom stereocenters. The first-order valence-corrected chi connectivity index (χ1v) is 7.75. The molecule has 1 aromatic heterocycles. The predicted molar refractivity (Wildman–Crippen MR) is 77.6 cm³/mol. The third-order valence-electron chi connectivity index (χ3n) is 2.60. The van der Waals surface area contributed by atoms with Gasteiger partial charge in [-0.2, -0.15) is 0 Å². The summed E-state index contributed by atoms with van der Waals surface area (Å²) in [7, 11) is -1.31. The van der Waals surface area contributed by atoms with Gasteiger partial charge in [-0.05, 0) is 23.8 Å². The maximum absolute atomic E-state index is 11.3. The van der Waals surface area contributed by atoms with E-state index in [1.54, 1.807) is 12.1 Å². The number of para-hydroxylation sites is 2. The fraction of sp³-hybridized carbons (Fsp3) is 0.231. The molecule has 0 aliphatic rings. The Morgan fingerprint density at radius 1 is 1.16 bits per heavy atom. The minimum Gasteiger partial charge on any atom is -0.379 e. The Labute approximate surface area is 113 Å². The van der Waals surface area contributed by atoms with Crippen molar-refractivity contribution in [2.24, 2.45) is 7.05 Å². The molecule has 0 spiro atoms. The van der Waals surface area contributed by atoms with Gasteiger partial charge in [0.15, 0.2) is 0 Å². The van der Waals surface area contributed by atoms with Gasteiger partial charge in [-0.3, -0.25) is 4.72 Å². The van der Waals surface area contributed by atoms with E-state index in [4.69, 9.17) is 0 Å². The van der Waals surface area contributed by atoms with Crippen molar-refractivity contribution in [3.63, 3.8) is 0 Å². The van der Waals surface area contributed by atoms with Gasteiger partial charge in [0.05, 0.1) is 17.6 Å². The second-order valence-electron chi connectivity index (χ2n) is 4.46. The van der Waals surface area contributed by atoms with Gasteiger partial charge in [0.2, 0.25) is 10.0 Å². The summed E-state index contributed by atoms with van der Waals surface area (Å²) in [4.78, 5) is 0.